The molecular formula is C27H52ClNO5. The van der Waals surface area contributed by atoms with Crippen molar-refractivity contribution in [3.05, 3.63) is 0 Å². The Labute approximate surface area is 214 Å². The second-order valence-electron chi connectivity index (χ2n) is 9.13. The number of hydrogen-bond donors (Lipinski definition) is 1. The van der Waals surface area contributed by atoms with Crippen LogP contribution in [-0.4, -0.2) is 50.9 Å². The molecule has 0 heterocycles. The van der Waals surface area contributed by atoms with Crippen LogP contribution in [0, 0.1) is 0 Å². The van der Waals surface area contributed by atoms with Gasteiger partial charge in [0.15, 0.2) is 6.10 Å². The van der Waals surface area contributed by atoms with Crippen LogP contribution < -0.4 is 5.32 Å². The minimum absolute atomic E-state index is 0.00645. The van der Waals surface area contributed by atoms with Gasteiger partial charge in [0.2, 0.25) is 0 Å². The van der Waals surface area contributed by atoms with Gasteiger partial charge in [0.1, 0.15) is 6.61 Å². The summed E-state index contributed by atoms with van der Waals surface area (Å²) in [6, 6.07) is 0. The Hall–Kier alpha value is -1.01. The quantitative estimate of drug-likeness (QED) is 0.0787. The molecule has 7 heteroatoms. The highest BCUT2D eigenvalue weighted by Crippen LogP contribution is 2.13. The molecule has 0 bridgehead atoms. The fraction of sp³-hybridized carbons (Fsp3) is 0.926. The summed E-state index contributed by atoms with van der Waals surface area (Å²) in [4.78, 5) is 23.1. The van der Waals surface area contributed by atoms with Crippen LogP contribution >= 0.6 is 11.6 Å². The number of alkyl halides is 1. The first-order valence-electron chi connectivity index (χ1n) is 13.8. The Kier molecular flexibility index (Phi) is 25.8. The van der Waals surface area contributed by atoms with Crippen LogP contribution in [0.1, 0.15) is 122 Å². The summed E-state index contributed by atoms with van der Waals surface area (Å²) < 4.78 is 16.0. The first-order chi connectivity index (χ1) is 16.6. The Morgan fingerprint density at radius 3 is 1.71 bits per heavy atom. The van der Waals surface area contributed by atoms with Crippen molar-refractivity contribution in [1.82, 2.24) is 5.32 Å². The van der Waals surface area contributed by atoms with E-state index in [0.717, 1.165) is 12.8 Å². The van der Waals surface area contributed by atoms with E-state index in [9.17, 15) is 9.59 Å². The highest BCUT2D eigenvalue weighted by molar-refractivity contribution is 6.17. The lowest BCUT2D eigenvalue weighted by Gasteiger charge is -2.18. The summed E-state index contributed by atoms with van der Waals surface area (Å²) in [5.74, 6) is 0.0688. The van der Waals surface area contributed by atoms with Gasteiger partial charge in [-0.3, -0.25) is 4.79 Å². The van der Waals surface area contributed by atoms with Crippen LogP contribution in [0.25, 0.3) is 0 Å². The summed E-state index contributed by atoms with van der Waals surface area (Å²) in [6.45, 7) is 3.10. The van der Waals surface area contributed by atoms with Gasteiger partial charge in [0.25, 0.3) is 0 Å². The number of ether oxygens (including phenoxy) is 3. The highest BCUT2D eigenvalue weighted by atomic mass is 35.5. The Morgan fingerprint density at radius 1 is 0.735 bits per heavy atom. The van der Waals surface area contributed by atoms with Gasteiger partial charge in [-0.25, -0.2) is 4.79 Å². The first-order valence-corrected chi connectivity index (χ1v) is 14.3. The van der Waals surface area contributed by atoms with Gasteiger partial charge in [-0.1, -0.05) is 103 Å². The molecule has 1 amide bonds. The molecule has 34 heavy (non-hydrogen) atoms. The normalized spacial score (nSPS) is 11.9. The molecule has 0 aliphatic rings. The first kappa shape index (κ1) is 33.0. The lowest BCUT2D eigenvalue weighted by molar-refractivity contribution is -0.147. The fourth-order valence-electron chi connectivity index (χ4n) is 3.76. The number of carbonyl (C=O) groups is 2. The minimum atomic E-state index is -0.610. The van der Waals surface area contributed by atoms with Crippen LogP contribution in [-0.2, 0) is 19.0 Å². The smallest absolute Gasteiger partial charge is 0.407 e. The summed E-state index contributed by atoms with van der Waals surface area (Å²) in [7, 11) is 1.49. The van der Waals surface area contributed by atoms with E-state index in [1.165, 1.54) is 96.9 Å². The zero-order chi connectivity index (χ0) is 25.1. The average Bonchev–Trinajstić information content (AvgIpc) is 2.84. The van der Waals surface area contributed by atoms with Crippen LogP contribution in [0.3, 0.4) is 0 Å². The molecule has 1 atom stereocenters. The number of halogens is 1. The second-order valence-corrected chi connectivity index (χ2v) is 9.51. The van der Waals surface area contributed by atoms with E-state index in [1.807, 2.05) is 0 Å². The summed E-state index contributed by atoms with van der Waals surface area (Å²) in [6.07, 6.45) is 21.0. The Balaban J connectivity index is 3.55. The number of hydrogen-bond acceptors (Lipinski definition) is 5. The molecule has 0 fully saturated rings. The van der Waals surface area contributed by atoms with Crippen molar-refractivity contribution in [2.45, 2.75) is 129 Å². The lowest BCUT2D eigenvalue weighted by atomic mass is 10.0. The Bertz CT molecular complexity index is 464. The maximum atomic E-state index is 11.6. The van der Waals surface area contributed by atoms with Crippen molar-refractivity contribution in [2.24, 2.45) is 0 Å². The van der Waals surface area contributed by atoms with Crippen LogP contribution in [0.2, 0.25) is 0 Å². The molecule has 0 aromatic carbocycles. The molecule has 0 unspecified atom stereocenters. The lowest BCUT2D eigenvalue weighted by Crippen LogP contribution is -2.33. The molecule has 202 valence electrons. The van der Waals surface area contributed by atoms with E-state index in [2.05, 4.69) is 12.2 Å². The van der Waals surface area contributed by atoms with Crippen molar-refractivity contribution in [2.75, 3.05) is 32.7 Å². The van der Waals surface area contributed by atoms with E-state index in [1.54, 1.807) is 0 Å². The van der Waals surface area contributed by atoms with Crippen molar-refractivity contribution in [3.8, 4) is 0 Å². The van der Waals surface area contributed by atoms with E-state index in [-0.39, 0.29) is 25.6 Å². The molecule has 0 spiro atoms. The number of carbonyl (C=O) groups excluding carboxylic acids is 2. The van der Waals surface area contributed by atoms with E-state index >= 15 is 0 Å². The average molecular weight is 506 g/mol. The van der Waals surface area contributed by atoms with Crippen molar-refractivity contribution >= 4 is 23.7 Å². The van der Waals surface area contributed by atoms with E-state index in [0.29, 0.717) is 18.9 Å². The summed E-state index contributed by atoms with van der Waals surface area (Å²) in [5, 5.41) is 2.40. The molecule has 0 radical (unpaired) electrons. The van der Waals surface area contributed by atoms with Crippen molar-refractivity contribution < 1.29 is 23.8 Å². The number of nitrogens with one attached hydrogen (secondary N) is 1. The maximum Gasteiger partial charge on any atom is 0.407 e. The van der Waals surface area contributed by atoms with Gasteiger partial charge < -0.3 is 19.5 Å². The molecule has 0 rings (SSSR count). The number of rotatable bonds is 25. The fourth-order valence-corrected chi connectivity index (χ4v) is 3.90. The Morgan fingerprint density at radius 2 is 1.24 bits per heavy atom. The standard InChI is InChI=1S/C27H52ClNO5/c1-3-4-5-6-7-8-9-10-11-12-13-14-15-16-17-18-22-32-23-25(34-27(31)29-2)24-33-26(30)20-19-21-28/h25H,3-24H2,1-2H3,(H,29,31)/t25-/m1/s1. The van der Waals surface area contributed by atoms with Gasteiger partial charge in [0, 0.05) is 26.0 Å². The third-order valence-corrected chi connectivity index (χ3v) is 6.14. The molecule has 0 aliphatic heterocycles. The zero-order valence-corrected chi connectivity index (χ0v) is 22.8. The van der Waals surface area contributed by atoms with Crippen LogP contribution in [0.4, 0.5) is 4.79 Å². The molecule has 6 nitrogen and oxygen atoms in total. The molecule has 0 saturated carbocycles. The molecular weight excluding hydrogens is 454 g/mol. The van der Waals surface area contributed by atoms with Crippen molar-refractivity contribution in [3.63, 3.8) is 0 Å². The molecule has 1 N–H and O–H groups in total. The summed E-state index contributed by atoms with van der Waals surface area (Å²) >= 11 is 5.58. The number of alkyl carbamates (subject to hydrolysis) is 1. The third-order valence-electron chi connectivity index (χ3n) is 5.87. The molecule has 0 aliphatic carbocycles. The van der Waals surface area contributed by atoms with E-state index < -0.39 is 12.2 Å². The van der Waals surface area contributed by atoms with Crippen molar-refractivity contribution in [1.29, 1.82) is 0 Å². The topological polar surface area (TPSA) is 73.9 Å². The maximum absolute atomic E-state index is 11.6. The molecule has 0 saturated heterocycles. The number of esters is 1. The van der Waals surface area contributed by atoms with Crippen LogP contribution in [0.5, 0.6) is 0 Å². The zero-order valence-electron chi connectivity index (χ0n) is 22.1. The van der Waals surface area contributed by atoms with Gasteiger partial charge in [0.05, 0.1) is 6.61 Å². The molecule has 0 aromatic rings. The second kappa shape index (κ2) is 26.6. The summed E-state index contributed by atoms with van der Waals surface area (Å²) in [5.41, 5.74) is 0. The predicted molar refractivity (Wildman–Crippen MR) is 141 cm³/mol. The largest absolute Gasteiger partial charge is 0.462 e. The number of amides is 1. The third kappa shape index (κ3) is 24.1. The van der Waals surface area contributed by atoms with Gasteiger partial charge >= 0.3 is 12.1 Å². The van der Waals surface area contributed by atoms with Gasteiger partial charge in [-0.15, -0.1) is 11.6 Å². The van der Waals surface area contributed by atoms with Gasteiger partial charge in [-0.2, -0.15) is 0 Å². The monoisotopic (exact) mass is 505 g/mol. The number of unbranched alkanes of at least 4 members (excludes halogenated alkanes) is 15. The minimum Gasteiger partial charge on any atom is -0.462 e. The predicted octanol–water partition coefficient (Wildman–Crippen LogP) is 7.55. The highest BCUT2D eigenvalue weighted by Gasteiger charge is 2.16. The van der Waals surface area contributed by atoms with E-state index in [4.69, 9.17) is 25.8 Å². The van der Waals surface area contributed by atoms with Gasteiger partial charge in [-0.05, 0) is 12.8 Å². The van der Waals surface area contributed by atoms with Crippen LogP contribution in [0.15, 0.2) is 0 Å². The molecule has 0 aromatic heterocycles. The SMILES string of the molecule is CCCCCCCCCCCCCCCCCCOC[C@H](COC(=O)CCCCl)OC(=O)NC.